The van der Waals surface area contributed by atoms with Gasteiger partial charge >= 0.3 is 5.97 Å². The van der Waals surface area contributed by atoms with Gasteiger partial charge in [0.25, 0.3) is 5.92 Å². The Morgan fingerprint density at radius 1 is 1.46 bits per heavy atom. The van der Waals surface area contributed by atoms with Crippen molar-refractivity contribution in [3.05, 3.63) is 34.6 Å². The molecule has 0 radical (unpaired) electrons. The summed E-state index contributed by atoms with van der Waals surface area (Å²) < 4.78 is 46.5. The van der Waals surface area contributed by atoms with Gasteiger partial charge in [0.1, 0.15) is 12.4 Å². The van der Waals surface area contributed by atoms with Gasteiger partial charge < -0.3 is 9.84 Å². The molecule has 1 aliphatic rings. The fraction of sp³-hybridized carbons (Fsp3) is 0.588. The molecule has 0 aliphatic carbocycles. The number of rotatable bonds is 5. The van der Waals surface area contributed by atoms with Crippen LogP contribution in [0.1, 0.15) is 41.3 Å². The molecule has 134 valence electrons. The molecule has 0 unspecified atom stereocenters. The number of likely N-dealkylation sites (tertiary alicyclic amines) is 1. The van der Waals surface area contributed by atoms with Gasteiger partial charge in [-0.3, -0.25) is 4.90 Å². The smallest absolute Gasteiger partial charge is 0.340 e. The van der Waals surface area contributed by atoms with Crippen LogP contribution in [0.3, 0.4) is 0 Å². The van der Waals surface area contributed by atoms with E-state index in [2.05, 4.69) is 16.6 Å². The van der Waals surface area contributed by atoms with Crippen LogP contribution >= 0.6 is 0 Å². The lowest BCUT2D eigenvalue weighted by Gasteiger charge is -2.31. The van der Waals surface area contributed by atoms with Crippen molar-refractivity contribution in [3.8, 4) is 0 Å². The van der Waals surface area contributed by atoms with Gasteiger partial charge in [0.05, 0.1) is 18.2 Å². The SMILES string of the molecule is COC(=O)c1cc(CN2CCC[C@H](C)C2)cc(C(F)(F)CO)c1F. The summed E-state index contributed by atoms with van der Waals surface area (Å²) in [6.45, 7) is 2.55. The molecule has 1 atom stereocenters. The predicted molar refractivity (Wildman–Crippen MR) is 82.4 cm³/mol. The highest BCUT2D eigenvalue weighted by Gasteiger charge is 2.36. The lowest BCUT2D eigenvalue weighted by atomic mass is 9.97. The summed E-state index contributed by atoms with van der Waals surface area (Å²) in [5.74, 6) is -5.64. The number of hydrogen-bond donors (Lipinski definition) is 1. The van der Waals surface area contributed by atoms with E-state index in [1.165, 1.54) is 6.07 Å². The maximum atomic E-state index is 14.3. The molecule has 1 fully saturated rings. The molecule has 0 spiro atoms. The topological polar surface area (TPSA) is 49.8 Å². The van der Waals surface area contributed by atoms with Crippen LogP contribution in [-0.4, -0.2) is 42.8 Å². The Morgan fingerprint density at radius 2 is 2.17 bits per heavy atom. The molecule has 1 aromatic rings. The number of aliphatic hydroxyl groups excluding tert-OH is 1. The number of esters is 1. The molecule has 24 heavy (non-hydrogen) atoms. The number of carbonyl (C=O) groups is 1. The summed E-state index contributed by atoms with van der Waals surface area (Å²) in [7, 11) is 1.06. The van der Waals surface area contributed by atoms with Crippen molar-refractivity contribution in [1.29, 1.82) is 0 Å². The van der Waals surface area contributed by atoms with E-state index in [1.54, 1.807) is 0 Å². The molecular weight excluding hydrogens is 323 g/mol. The van der Waals surface area contributed by atoms with Gasteiger partial charge in [-0.15, -0.1) is 0 Å². The predicted octanol–water partition coefficient (Wildman–Crippen LogP) is 2.93. The van der Waals surface area contributed by atoms with E-state index in [0.29, 0.717) is 18.0 Å². The third-order valence-corrected chi connectivity index (χ3v) is 4.28. The Kier molecular flexibility index (Phi) is 5.87. The fourth-order valence-electron chi connectivity index (χ4n) is 3.07. The van der Waals surface area contributed by atoms with Gasteiger partial charge in [0.15, 0.2) is 0 Å². The number of carbonyl (C=O) groups excluding carboxylic acids is 1. The minimum Gasteiger partial charge on any atom is -0.465 e. The summed E-state index contributed by atoms with van der Waals surface area (Å²) in [4.78, 5) is 13.8. The van der Waals surface area contributed by atoms with Gasteiger partial charge in [-0.25, -0.2) is 9.18 Å². The molecule has 1 heterocycles. The molecule has 0 bridgehead atoms. The zero-order valence-electron chi connectivity index (χ0n) is 13.8. The number of hydrogen-bond acceptors (Lipinski definition) is 4. The van der Waals surface area contributed by atoms with Gasteiger partial charge in [-0.1, -0.05) is 6.92 Å². The zero-order valence-corrected chi connectivity index (χ0v) is 13.8. The van der Waals surface area contributed by atoms with Gasteiger partial charge in [0, 0.05) is 13.1 Å². The van der Waals surface area contributed by atoms with E-state index in [0.717, 1.165) is 39.1 Å². The molecule has 1 N–H and O–H groups in total. The van der Waals surface area contributed by atoms with Crippen LogP contribution in [0.25, 0.3) is 0 Å². The molecule has 1 aliphatic heterocycles. The van der Waals surface area contributed by atoms with Crippen molar-refractivity contribution in [2.75, 3.05) is 26.8 Å². The van der Waals surface area contributed by atoms with Crippen LogP contribution in [0.2, 0.25) is 0 Å². The molecule has 1 saturated heterocycles. The second-order valence-electron chi connectivity index (χ2n) is 6.34. The standard InChI is InChI=1S/C17H22F3NO3/c1-11-4-3-5-21(8-11)9-12-6-13(16(23)24-2)15(18)14(7-12)17(19,20)10-22/h6-7,11,22H,3-5,8-10H2,1-2H3/t11-/m0/s1. The zero-order chi connectivity index (χ0) is 17.9. The lowest BCUT2D eigenvalue weighted by molar-refractivity contribution is -0.0584. The molecule has 0 saturated carbocycles. The Bertz CT molecular complexity index is 607. The summed E-state index contributed by atoms with van der Waals surface area (Å²) in [6, 6.07) is 2.27. The third kappa shape index (κ3) is 4.08. The van der Waals surface area contributed by atoms with Crippen LogP contribution in [0.15, 0.2) is 12.1 Å². The van der Waals surface area contributed by atoms with Crippen LogP contribution in [0, 0.1) is 11.7 Å². The highest BCUT2D eigenvalue weighted by atomic mass is 19.3. The summed E-state index contributed by atoms with van der Waals surface area (Å²) in [5, 5.41) is 8.86. The van der Waals surface area contributed by atoms with Crippen LogP contribution in [-0.2, 0) is 17.2 Å². The molecule has 2 rings (SSSR count). The van der Waals surface area contributed by atoms with Crippen LogP contribution < -0.4 is 0 Å². The van der Waals surface area contributed by atoms with Crippen molar-refractivity contribution >= 4 is 5.97 Å². The summed E-state index contributed by atoms with van der Waals surface area (Å²) in [5.41, 5.74) is -1.12. The number of methoxy groups -OCH3 is 1. The Hall–Kier alpha value is -1.60. The van der Waals surface area contributed by atoms with Crippen LogP contribution in [0.5, 0.6) is 0 Å². The lowest BCUT2D eigenvalue weighted by Crippen LogP contribution is -2.34. The second kappa shape index (κ2) is 7.53. The van der Waals surface area contributed by atoms with E-state index >= 15 is 0 Å². The highest BCUT2D eigenvalue weighted by Crippen LogP contribution is 2.33. The van der Waals surface area contributed by atoms with E-state index in [-0.39, 0.29) is 0 Å². The van der Waals surface area contributed by atoms with Crippen molar-refractivity contribution in [3.63, 3.8) is 0 Å². The number of nitrogens with zero attached hydrogens (tertiary/aromatic N) is 1. The third-order valence-electron chi connectivity index (χ3n) is 4.28. The van der Waals surface area contributed by atoms with Crippen LogP contribution in [0.4, 0.5) is 13.2 Å². The Labute approximate surface area is 139 Å². The monoisotopic (exact) mass is 345 g/mol. The number of piperidine rings is 1. The number of ether oxygens (including phenoxy) is 1. The Morgan fingerprint density at radius 3 is 2.75 bits per heavy atom. The van der Waals surface area contributed by atoms with E-state index < -0.39 is 35.4 Å². The minimum absolute atomic E-state index is 0.336. The summed E-state index contributed by atoms with van der Waals surface area (Å²) >= 11 is 0. The highest BCUT2D eigenvalue weighted by molar-refractivity contribution is 5.90. The van der Waals surface area contributed by atoms with Crippen molar-refractivity contribution in [2.45, 2.75) is 32.2 Å². The van der Waals surface area contributed by atoms with E-state index in [9.17, 15) is 18.0 Å². The number of halogens is 3. The van der Waals surface area contributed by atoms with Gasteiger partial charge in [0.2, 0.25) is 0 Å². The fourth-order valence-corrected chi connectivity index (χ4v) is 3.07. The van der Waals surface area contributed by atoms with Crippen molar-refractivity contribution in [1.82, 2.24) is 4.90 Å². The average molecular weight is 345 g/mol. The molecule has 0 aromatic heterocycles. The van der Waals surface area contributed by atoms with Gasteiger partial charge in [-0.05, 0) is 43.0 Å². The molecular formula is C17H22F3NO3. The number of benzene rings is 1. The maximum Gasteiger partial charge on any atom is 0.340 e. The van der Waals surface area contributed by atoms with Crippen molar-refractivity contribution < 1.29 is 27.8 Å². The maximum absolute atomic E-state index is 14.3. The second-order valence-corrected chi connectivity index (χ2v) is 6.34. The molecule has 0 amide bonds. The summed E-state index contributed by atoms with van der Waals surface area (Å²) in [6.07, 6.45) is 2.12. The average Bonchev–Trinajstić information content (AvgIpc) is 2.55. The van der Waals surface area contributed by atoms with E-state index in [4.69, 9.17) is 5.11 Å². The normalized spacial score (nSPS) is 19.3. The number of aliphatic hydroxyl groups is 1. The first-order valence-electron chi connectivity index (χ1n) is 7.90. The van der Waals surface area contributed by atoms with Gasteiger partial charge in [-0.2, -0.15) is 8.78 Å². The first-order chi connectivity index (χ1) is 11.3. The molecule has 7 heteroatoms. The first kappa shape index (κ1) is 18.7. The first-order valence-corrected chi connectivity index (χ1v) is 7.90. The van der Waals surface area contributed by atoms with Crippen molar-refractivity contribution in [2.24, 2.45) is 5.92 Å². The molecule has 1 aromatic carbocycles. The number of alkyl halides is 2. The minimum atomic E-state index is -3.77. The largest absolute Gasteiger partial charge is 0.465 e. The van der Waals surface area contributed by atoms with E-state index in [1.807, 2.05) is 0 Å². The molecule has 4 nitrogen and oxygen atoms in total. The Balaban J connectivity index is 2.40. The quantitative estimate of drug-likeness (QED) is 0.834.